The van der Waals surface area contributed by atoms with Gasteiger partial charge in [0.2, 0.25) is 0 Å². The summed E-state index contributed by atoms with van der Waals surface area (Å²) in [4.78, 5) is 15.0. The summed E-state index contributed by atoms with van der Waals surface area (Å²) in [7, 11) is -3.81. The fourth-order valence-corrected chi connectivity index (χ4v) is 4.08. The van der Waals surface area contributed by atoms with E-state index < -0.39 is 16.0 Å². The molecule has 0 aromatic carbocycles. The van der Waals surface area contributed by atoms with Crippen molar-refractivity contribution in [2.75, 3.05) is 4.72 Å². The monoisotopic (exact) mass is 312 g/mol. The van der Waals surface area contributed by atoms with Crippen LogP contribution >= 0.6 is 11.3 Å². The molecule has 0 aliphatic rings. The van der Waals surface area contributed by atoms with Crippen LogP contribution in [0.3, 0.4) is 0 Å². The number of nitrogens with zero attached hydrogens (tertiary/aromatic N) is 1. The molecule has 2 heterocycles. The zero-order valence-corrected chi connectivity index (χ0v) is 12.4. The SMILES string of the molecule is Cc1cc(S(=O)(=O)Nc2cccnc2C)sc1C(=O)O. The van der Waals surface area contributed by atoms with Crippen molar-refractivity contribution in [3.05, 3.63) is 40.5 Å². The molecule has 2 N–H and O–H groups in total. The number of aryl methyl sites for hydroxylation is 2. The van der Waals surface area contributed by atoms with E-state index in [1.165, 1.54) is 6.07 Å². The van der Waals surface area contributed by atoms with E-state index in [4.69, 9.17) is 5.11 Å². The van der Waals surface area contributed by atoms with E-state index in [1.807, 2.05) is 0 Å². The maximum atomic E-state index is 12.2. The summed E-state index contributed by atoms with van der Waals surface area (Å²) < 4.78 is 26.8. The Morgan fingerprint density at radius 3 is 2.65 bits per heavy atom. The fraction of sp³-hybridized carbons (Fsp3) is 0.167. The minimum Gasteiger partial charge on any atom is -0.477 e. The first kappa shape index (κ1) is 14.5. The molecule has 0 aliphatic carbocycles. The van der Waals surface area contributed by atoms with Gasteiger partial charge in [0.15, 0.2) is 0 Å². The van der Waals surface area contributed by atoms with Crippen LogP contribution in [0.15, 0.2) is 28.6 Å². The second-order valence-electron chi connectivity index (χ2n) is 4.12. The van der Waals surface area contributed by atoms with Gasteiger partial charge in [-0.15, -0.1) is 11.3 Å². The van der Waals surface area contributed by atoms with Gasteiger partial charge in [0.05, 0.1) is 11.4 Å². The van der Waals surface area contributed by atoms with Gasteiger partial charge >= 0.3 is 5.97 Å². The predicted octanol–water partition coefficient (Wildman–Crippen LogP) is 2.26. The van der Waals surface area contributed by atoms with Crippen LogP contribution in [-0.2, 0) is 10.0 Å². The summed E-state index contributed by atoms with van der Waals surface area (Å²) in [6.07, 6.45) is 1.56. The maximum absolute atomic E-state index is 12.2. The number of thiophene rings is 1. The van der Waals surface area contributed by atoms with Crippen LogP contribution in [0.2, 0.25) is 0 Å². The fourth-order valence-electron chi connectivity index (χ4n) is 1.58. The van der Waals surface area contributed by atoms with Crippen LogP contribution in [0.4, 0.5) is 5.69 Å². The Labute approximate surface area is 120 Å². The van der Waals surface area contributed by atoms with Crippen molar-refractivity contribution < 1.29 is 18.3 Å². The van der Waals surface area contributed by atoms with E-state index in [2.05, 4.69) is 9.71 Å². The largest absolute Gasteiger partial charge is 0.477 e. The molecule has 0 unspecified atom stereocenters. The quantitative estimate of drug-likeness (QED) is 0.902. The minimum absolute atomic E-state index is 0.0216. The molecule has 2 aromatic heterocycles. The van der Waals surface area contributed by atoms with Crippen LogP contribution in [-0.4, -0.2) is 24.5 Å². The highest BCUT2D eigenvalue weighted by Crippen LogP contribution is 2.28. The second-order valence-corrected chi connectivity index (χ2v) is 7.09. The van der Waals surface area contributed by atoms with Gasteiger partial charge < -0.3 is 5.11 Å². The molecule has 2 rings (SSSR count). The lowest BCUT2D eigenvalue weighted by molar-refractivity contribution is 0.0701. The van der Waals surface area contributed by atoms with Gasteiger partial charge in [0.25, 0.3) is 10.0 Å². The molecule has 2 aromatic rings. The number of aromatic nitrogens is 1. The highest BCUT2D eigenvalue weighted by atomic mass is 32.2. The average Bonchev–Trinajstić information content (AvgIpc) is 2.75. The molecule has 0 bridgehead atoms. The van der Waals surface area contributed by atoms with Crippen LogP contribution in [0.1, 0.15) is 20.9 Å². The summed E-state index contributed by atoms with van der Waals surface area (Å²) in [6.45, 7) is 3.24. The number of anilines is 1. The Kier molecular flexibility index (Phi) is 3.78. The number of pyridine rings is 1. The molecule has 20 heavy (non-hydrogen) atoms. The Bertz CT molecular complexity index is 766. The van der Waals surface area contributed by atoms with E-state index in [-0.39, 0.29) is 9.09 Å². The van der Waals surface area contributed by atoms with Gasteiger partial charge in [-0.3, -0.25) is 9.71 Å². The van der Waals surface area contributed by atoms with Crippen molar-refractivity contribution in [2.45, 2.75) is 18.1 Å². The molecule has 0 aliphatic heterocycles. The first-order chi connectivity index (χ1) is 9.31. The highest BCUT2D eigenvalue weighted by molar-refractivity contribution is 7.94. The molecule has 0 amide bonds. The first-order valence-corrected chi connectivity index (χ1v) is 7.89. The topological polar surface area (TPSA) is 96.4 Å². The lowest BCUT2D eigenvalue weighted by Gasteiger charge is -2.07. The van der Waals surface area contributed by atoms with Gasteiger partial charge in [-0.2, -0.15) is 0 Å². The number of aromatic carboxylic acids is 1. The first-order valence-electron chi connectivity index (χ1n) is 5.59. The normalized spacial score (nSPS) is 11.3. The summed E-state index contributed by atoms with van der Waals surface area (Å²) in [5.41, 5.74) is 1.34. The molecule has 0 fully saturated rings. The van der Waals surface area contributed by atoms with Crippen molar-refractivity contribution in [1.82, 2.24) is 4.98 Å². The number of rotatable bonds is 4. The molecule has 6 nitrogen and oxygen atoms in total. The van der Waals surface area contributed by atoms with Gasteiger partial charge in [-0.25, -0.2) is 13.2 Å². The molecule has 106 valence electrons. The van der Waals surface area contributed by atoms with Crippen LogP contribution in [0, 0.1) is 13.8 Å². The molecule has 0 radical (unpaired) electrons. The molecule has 8 heteroatoms. The number of carbonyl (C=O) groups is 1. The van der Waals surface area contributed by atoms with E-state index in [0.29, 0.717) is 16.9 Å². The summed E-state index contributed by atoms with van der Waals surface area (Å²) in [5, 5.41) is 8.96. The molecule has 0 spiro atoms. The lowest BCUT2D eigenvalue weighted by Crippen LogP contribution is -2.12. The number of nitrogens with one attached hydrogen (secondary N) is 1. The smallest absolute Gasteiger partial charge is 0.346 e. The van der Waals surface area contributed by atoms with Gasteiger partial charge in [0.1, 0.15) is 9.09 Å². The molecule has 0 saturated carbocycles. The van der Waals surface area contributed by atoms with E-state index in [1.54, 1.807) is 32.2 Å². The van der Waals surface area contributed by atoms with E-state index in [0.717, 1.165) is 11.3 Å². The number of carboxylic acid groups (broad SMARTS) is 1. The van der Waals surface area contributed by atoms with Crippen molar-refractivity contribution in [3.8, 4) is 0 Å². The second kappa shape index (κ2) is 5.22. The molecular weight excluding hydrogens is 300 g/mol. The zero-order valence-electron chi connectivity index (χ0n) is 10.7. The van der Waals surface area contributed by atoms with Crippen LogP contribution in [0.25, 0.3) is 0 Å². The zero-order chi connectivity index (χ0) is 14.9. The molecule has 0 atom stereocenters. The molecular formula is C12H12N2O4S2. The van der Waals surface area contributed by atoms with Crippen molar-refractivity contribution in [1.29, 1.82) is 0 Å². The van der Waals surface area contributed by atoms with Gasteiger partial charge in [-0.1, -0.05) is 0 Å². The Hall–Kier alpha value is -1.93. The van der Waals surface area contributed by atoms with Gasteiger partial charge in [0, 0.05) is 6.20 Å². The third-order valence-corrected chi connectivity index (χ3v) is 5.67. The molecule has 0 saturated heterocycles. The van der Waals surface area contributed by atoms with Crippen molar-refractivity contribution in [3.63, 3.8) is 0 Å². The highest BCUT2D eigenvalue weighted by Gasteiger charge is 2.22. The van der Waals surface area contributed by atoms with E-state index >= 15 is 0 Å². The number of sulfonamides is 1. The Morgan fingerprint density at radius 1 is 1.40 bits per heavy atom. The van der Waals surface area contributed by atoms with Crippen LogP contribution < -0.4 is 4.72 Å². The summed E-state index contributed by atoms with van der Waals surface area (Å²) in [5.74, 6) is -1.13. The Balaban J connectivity index is 2.39. The maximum Gasteiger partial charge on any atom is 0.346 e. The van der Waals surface area contributed by atoms with Gasteiger partial charge in [-0.05, 0) is 37.6 Å². The summed E-state index contributed by atoms with van der Waals surface area (Å²) >= 11 is 0.729. The minimum atomic E-state index is -3.81. The predicted molar refractivity (Wildman–Crippen MR) is 75.8 cm³/mol. The van der Waals surface area contributed by atoms with E-state index in [9.17, 15) is 13.2 Å². The average molecular weight is 312 g/mol. The number of hydrogen-bond donors (Lipinski definition) is 2. The third kappa shape index (κ3) is 2.81. The number of carboxylic acids is 1. The van der Waals surface area contributed by atoms with Crippen molar-refractivity contribution in [2.24, 2.45) is 0 Å². The third-order valence-electron chi connectivity index (χ3n) is 2.61. The lowest BCUT2D eigenvalue weighted by atomic mass is 10.3. The Morgan fingerprint density at radius 2 is 2.10 bits per heavy atom. The summed E-state index contributed by atoms with van der Waals surface area (Å²) in [6, 6.07) is 4.56. The number of hydrogen-bond acceptors (Lipinski definition) is 5. The van der Waals surface area contributed by atoms with Crippen LogP contribution in [0.5, 0.6) is 0 Å². The standard InChI is InChI=1S/C12H12N2O4S2/c1-7-6-10(19-11(7)12(15)16)20(17,18)14-9-4-3-5-13-8(9)2/h3-6,14H,1-2H3,(H,15,16). The van der Waals surface area contributed by atoms with Crippen molar-refractivity contribution >= 4 is 33.0 Å².